The smallest absolute Gasteiger partial charge is 0.383 e. The topological polar surface area (TPSA) is 38.5 Å². The van der Waals surface area contributed by atoms with Gasteiger partial charge in [-0.15, -0.1) is 0 Å². The second-order valence-corrected chi connectivity index (χ2v) is 6.16. The fourth-order valence-electron chi connectivity index (χ4n) is 3.47. The number of nitrogens with zero attached hydrogens (tertiary/aromatic N) is 1. The second kappa shape index (κ2) is 6.20. The maximum Gasteiger partial charge on any atom is 0.391 e. The number of hydrogen-bond donors (Lipinski definition) is 1. The van der Waals surface area contributed by atoms with Crippen LogP contribution in [-0.2, 0) is 4.74 Å². The van der Waals surface area contributed by atoms with E-state index in [1.807, 2.05) is 0 Å². The van der Waals surface area contributed by atoms with Crippen LogP contribution in [0.3, 0.4) is 0 Å². The summed E-state index contributed by atoms with van der Waals surface area (Å²) in [4.78, 5) is 2.34. The Morgan fingerprint density at radius 2 is 1.80 bits per heavy atom. The molecule has 0 aromatic carbocycles. The first-order valence-electron chi connectivity index (χ1n) is 7.45. The molecular weight excluding hydrogens is 269 g/mol. The van der Waals surface area contributed by atoms with Crippen LogP contribution in [0.5, 0.6) is 0 Å². The summed E-state index contributed by atoms with van der Waals surface area (Å²) in [5.41, 5.74) is 5.72. The molecule has 6 heteroatoms. The summed E-state index contributed by atoms with van der Waals surface area (Å²) in [5, 5.41) is 0. The van der Waals surface area contributed by atoms with Gasteiger partial charge in [-0.05, 0) is 38.5 Å². The number of alkyl halides is 3. The number of rotatable bonds is 6. The van der Waals surface area contributed by atoms with E-state index in [9.17, 15) is 13.2 Å². The molecule has 0 aliphatic heterocycles. The average Bonchev–Trinajstić information content (AvgIpc) is 3.23. The maximum absolute atomic E-state index is 12.8. The predicted molar refractivity (Wildman–Crippen MR) is 71.4 cm³/mol. The van der Waals surface area contributed by atoms with Crippen molar-refractivity contribution in [1.82, 2.24) is 4.90 Å². The molecule has 2 aliphatic carbocycles. The van der Waals surface area contributed by atoms with Crippen LogP contribution in [-0.4, -0.2) is 49.5 Å². The van der Waals surface area contributed by atoms with Gasteiger partial charge >= 0.3 is 6.18 Å². The monoisotopic (exact) mass is 294 g/mol. The lowest BCUT2D eigenvalue weighted by Gasteiger charge is -2.48. The molecule has 0 saturated heterocycles. The van der Waals surface area contributed by atoms with E-state index in [0.29, 0.717) is 32.0 Å². The largest absolute Gasteiger partial charge is 0.391 e. The Labute approximate surface area is 118 Å². The van der Waals surface area contributed by atoms with Gasteiger partial charge in [-0.2, -0.15) is 13.2 Å². The molecule has 20 heavy (non-hydrogen) atoms. The highest BCUT2D eigenvalue weighted by atomic mass is 19.4. The van der Waals surface area contributed by atoms with Gasteiger partial charge in [0.2, 0.25) is 0 Å². The Bertz CT molecular complexity index is 310. The average molecular weight is 294 g/mol. The first-order valence-corrected chi connectivity index (χ1v) is 7.45. The number of hydrogen-bond acceptors (Lipinski definition) is 3. The highest BCUT2D eigenvalue weighted by molar-refractivity contribution is 5.02. The Balaban J connectivity index is 2.02. The van der Waals surface area contributed by atoms with E-state index in [4.69, 9.17) is 10.5 Å². The third-order valence-corrected chi connectivity index (χ3v) is 4.89. The molecule has 0 radical (unpaired) electrons. The van der Waals surface area contributed by atoms with E-state index in [-0.39, 0.29) is 18.4 Å². The number of methoxy groups -OCH3 is 1. The summed E-state index contributed by atoms with van der Waals surface area (Å²) in [6, 6.07) is 0.496. The lowest BCUT2D eigenvalue weighted by atomic mass is 9.75. The summed E-state index contributed by atoms with van der Waals surface area (Å²) in [6.45, 7) is 1.83. The quantitative estimate of drug-likeness (QED) is 0.818. The third kappa shape index (κ3) is 3.46. The van der Waals surface area contributed by atoms with Crippen molar-refractivity contribution < 1.29 is 17.9 Å². The lowest BCUT2D eigenvalue weighted by Crippen LogP contribution is -2.58. The van der Waals surface area contributed by atoms with E-state index in [1.165, 1.54) is 0 Å². The third-order valence-electron chi connectivity index (χ3n) is 4.89. The fourth-order valence-corrected chi connectivity index (χ4v) is 3.47. The van der Waals surface area contributed by atoms with Gasteiger partial charge in [0.05, 0.1) is 12.5 Å². The predicted octanol–water partition coefficient (Wildman–Crippen LogP) is 2.55. The van der Waals surface area contributed by atoms with Crippen LogP contribution in [0.25, 0.3) is 0 Å². The molecule has 2 N–H and O–H groups in total. The minimum absolute atomic E-state index is 0.205. The van der Waals surface area contributed by atoms with Crippen LogP contribution in [0.15, 0.2) is 0 Å². The number of halogens is 3. The normalized spacial score (nSPS) is 31.8. The molecule has 0 heterocycles. The zero-order chi connectivity index (χ0) is 14.8. The van der Waals surface area contributed by atoms with E-state index in [0.717, 1.165) is 19.4 Å². The van der Waals surface area contributed by atoms with Gasteiger partial charge in [0.25, 0.3) is 0 Å². The summed E-state index contributed by atoms with van der Waals surface area (Å²) in [6.07, 6.45) is -0.282. The maximum atomic E-state index is 12.8. The molecule has 0 unspecified atom stereocenters. The Kier molecular flexibility index (Phi) is 4.97. The molecule has 0 aromatic heterocycles. The Morgan fingerprint density at radius 3 is 2.20 bits per heavy atom. The minimum Gasteiger partial charge on any atom is -0.383 e. The molecule has 0 spiro atoms. The van der Waals surface area contributed by atoms with Gasteiger partial charge in [-0.3, -0.25) is 4.90 Å². The Morgan fingerprint density at radius 1 is 1.20 bits per heavy atom. The molecule has 118 valence electrons. The Hall–Kier alpha value is -0.330. The van der Waals surface area contributed by atoms with Crippen molar-refractivity contribution in [1.29, 1.82) is 0 Å². The van der Waals surface area contributed by atoms with Crippen LogP contribution in [0.1, 0.15) is 38.5 Å². The lowest BCUT2D eigenvalue weighted by molar-refractivity contribution is -0.188. The summed E-state index contributed by atoms with van der Waals surface area (Å²) in [7, 11) is 1.65. The molecule has 0 amide bonds. The van der Waals surface area contributed by atoms with Gasteiger partial charge in [-0.25, -0.2) is 0 Å². The van der Waals surface area contributed by atoms with Gasteiger partial charge in [0.15, 0.2) is 0 Å². The van der Waals surface area contributed by atoms with Gasteiger partial charge < -0.3 is 10.5 Å². The fraction of sp³-hybridized carbons (Fsp3) is 1.00. The highest BCUT2D eigenvalue weighted by Gasteiger charge is 2.49. The van der Waals surface area contributed by atoms with Gasteiger partial charge in [0, 0.05) is 31.8 Å². The molecular formula is C14H25F3N2O. The van der Waals surface area contributed by atoms with Crippen molar-refractivity contribution in [2.24, 2.45) is 11.7 Å². The summed E-state index contributed by atoms with van der Waals surface area (Å²) < 4.78 is 43.6. The molecule has 2 saturated carbocycles. The van der Waals surface area contributed by atoms with Gasteiger partial charge in [-0.1, -0.05) is 0 Å². The van der Waals surface area contributed by atoms with Crippen molar-refractivity contribution in [3.63, 3.8) is 0 Å². The molecule has 3 nitrogen and oxygen atoms in total. The van der Waals surface area contributed by atoms with Crippen LogP contribution >= 0.6 is 0 Å². The van der Waals surface area contributed by atoms with Crippen molar-refractivity contribution >= 4 is 0 Å². The SMILES string of the molecule is COCCN(C1CC1)C1(CN)CCC(C(F)(F)F)CC1. The van der Waals surface area contributed by atoms with Crippen molar-refractivity contribution in [3.05, 3.63) is 0 Å². The second-order valence-electron chi connectivity index (χ2n) is 6.16. The van der Waals surface area contributed by atoms with Crippen LogP contribution < -0.4 is 5.73 Å². The molecule has 2 aliphatic rings. The van der Waals surface area contributed by atoms with Crippen molar-refractivity contribution in [2.75, 3.05) is 26.8 Å². The zero-order valence-electron chi connectivity index (χ0n) is 12.1. The van der Waals surface area contributed by atoms with Crippen LogP contribution in [0.4, 0.5) is 13.2 Å². The molecule has 2 fully saturated rings. The van der Waals surface area contributed by atoms with E-state index in [2.05, 4.69) is 4.90 Å². The van der Waals surface area contributed by atoms with E-state index in [1.54, 1.807) is 7.11 Å². The van der Waals surface area contributed by atoms with Gasteiger partial charge in [0.1, 0.15) is 0 Å². The number of nitrogens with two attached hydrogens (primary N) is 1. The standard InChI is InChI=1S/C14H25F3N2O/c1-20-9-8-19(12-2-3-12)13(10-18)6-4-11(5-7-13)14(15,16)17/h11-12H,2-10,18H2,1H3. The molecule has 2 rings (SSSR count). The minimum atomic E-state index is -4.06. The van der Waals surface area contributed by atoms with Crippen LogP contribution in [0.2, 0.25) is 0 Å². The highest BCUT2D eigenvalue weighted by Crippen LogP contribution is 2.45. The molecule has 0 aromatic rings. The summed E-state index contributed by atoms with van der Waals surface area (Å²) in [5.74, 6) is -1.15. The number of ether oxygens (including phenoxy) is 1. The van der Waals surface area contributed by atoms with Crippen molar-refractivity contribution in [2.45, 2.75) is 56.3 Å². The van der Waals surface area contributed by atoms with Crippen LogP contribution in [0, 0.1) is 5.92 Å². The first kappa shape index (κ1) is 16.0. The summed E-state index contributed by atoms with van der Waals surface area (Å²) >= 11 is 0. The van der Waals surface area contributed by atoms with Crippen molar-refractivity contribution in [3.8, 4) is 0 Å². The molecule has 0 atom stereocenters. The first-order chi connectivity index (χ1) is 9.43. The zero-order valence-corrected chi connectivity index (χ0v) is 12.1. The van der Waals surface area contributed by atoms with E-state index < -0.39 is 12.1 Å². The van der Waals surface area contributed by atoms with E-state index >= 15 is 0 Å². The molecule has 0 bridgehead atoms.